The number of likely N-dealkylation sites (tertiary alicyclic amines) is 1. The molecule has 2 aliphatic heterocycles. The average Bonchev–Trinajstić information content (AvgIpc) is 3.02. The zero-order valence-electron chi connectivity index (χ0n) is 17.4. The Balaban J connectivity index is 1.54. The van der Waals surface area contributed by atoms with Crippen LogP contribution >= 0.6 is 7.14 Å². The van der Waals surface area contributed by atoms with E-state index in [9.17, 15) is 4.57 Å². The van der Waals surface area contributed by atoms with Crippen LogP contribution in [0.15, 0.2) is 48.5 Å². The Labute approximate surface area is 169 Å². The third-order valence-corrected chi connectivity index (χ3v) is 7.66. The second kappa shape index (κ2) is 7.78. The fourth-order valence-corrected chi connectivity index (χ4v) is 5.34. The molecule has 28 heavy (non-hydrogen) atoms. The van der Waals surface area contributed by atoms with E-state index in [1.807, 2.05) is 13.3 Å². The minimum atomic E-state index is -1.95. The van der Waals surface area contributed by atoms with Crippen molar-refractivity contribution in [2.24, 2.45) is 0 Å². The van der Waals surface area contributed by atoms with Gasteiger partial charge in [0.05, 0.1) is 12.7 Å². The van der Waals surface area contributed by atoms with Gasteiger partial charge in [0.1, 0.15) is 6.10 Å². The summed E-state index contributed by atoms with van der Waals surface area (Å²) in [6.45, 7) is 8.93. The molecule has 1 unspecified atom stereocenters. The standard InChI is InChI=1S/C24H32NO2P/c1-4-19-9-11-20(12-10-19)23-21-7-5-6-8-22(21)24(27-23)13-15-25(16-14-24)17-18-28(2,3)26/h5-12,23H,4,13-18H2,1-3H3. The van der Waals surface area contributed by atoms with Gasteiger partial charge in [-0.25, -0.2) is 0 Å². The van der Waals surface area contributed by atoms with E-state index in [0.29, 0.717) is 0 Å². The first-order valence-corrected chi connectivity index (χ1v) is 13.3. The monoisotopic (exact) mass is 397 g/mol. The van der Waals surface area contributed by atoms with Gasteiger partial charge in [0.25, 0.3) is 0 Å². The second-order valence-electron chi connectivity index (χ2n) is 8.81. The van der Waals surface area contributed by atoms with Crippen LogP contribution in [0.1, 0.15) is 48.1 Å². The van der Waals surface area contributed by atoms with Gasteiger partial charge in [-0.2, -0.15) is 0 Å². The first-order chi connectivity index (χ1) is 13.4. The molecule has 0 aliphatic carbocycles. The molecule has 2 heterocycles. The third kappa shape index (κ3) is 3.99. The van der Waals surface area contributed by atoms with Crippen molar-refractivity contribution in [3.63, 3.8) is 0 Å². The van der Waals surface area contributed by atoms with Crippen molar-refractivity contribution in [2.75, 3.05) is 39.1 Å². The van der Waals surface area contributed by atoms with Crippen molar-refractivity contribution in [3.05, 3.63) is 70.8 Å². The Kier molecular flexibility index (Phi) is 5.53. The minimum absolute atomic E-state index is 0.0279. The van der Waals surface area contributed by atoms with E-state index in [2.05, 4.69) is 60.4 Å². The summed E-state index contributed by atoms with van der Waals surface area (Å²) in [5, 5.41) is 0. The molecule has 1 spiro atoms. The summed E-state index contributed by atoms with van der Waals surface area (Å²) >= 11 is 0. The molecule has 4 heteroatoms. The largest absolute Gasteiger partial charge is 0.358 e. The number of aryl methyl sites for hydroxylation is 1. The van der Waals surface area contributed by atoms with Crippen molar-refractivity contribution in [1.82, 2.24) is 4.90 Å². The van der Waals surface area contributed by atoms with Crippen molar-refractivity contribution in [3.8, 4) is 0 Å². The lowest BCUT2D eigenvalue weighted by atomic mass is 9.83. The second-order valence-corrected chi connectivity index (χ2v) is 12.4. The SMILES string of the molecule is CCc1ccc(C2OC3(CCN(CCP(C)(C)=O)CC3)c3ccccc32)cc1. The van der Waals surface area contributed by atoms with Crippen LogP contribution in [0.3, 0.4) is 0 Å². The molecule has 1 saturated heterocycles. The van der Waals surface area contributed by atoms with Gasteiger partial charge in [0.15, 0.2) is 0 Å². The highest BCUT2D eigenvalue weighted by molar-refractivity contribution is 7.62. The molecule has 2 aliphatic rings. The van der Waals surface area contributed by atoms with Crippen LogP contribution in [-0.2, 0) is 21.3 Å². The summed E-state index contributed by atoms with van der Waals surface area (Å²) < 4.78 is 18.9. The molecule has 150 valence electrons. The fourth-order valence-electron chi connectivity index (χ4n) is 4.58. The molecule has 4 rings (SSSR count). The number of rotatable bonds is 5. The molecule has 1 fully saturated rings. The van der Waals surface area contributed by atoms with Crippen LogP contribution < -0.4 is 0 Å². The Bertz CT molecular complexity index is 862. The highest BCUT2D eigenvalue weighted by Gasteiger charge is 2.46. The Morgan fingerprint density at radius 2 is 1.75 bits per heavy atom. The molecule has 3 nitrogen and oxygen atoms in total. The van der Waals surface area contributed by atoms with Gasteiger partial charge in [-0.1, -0.05) is 55.5 Å². The average molecular weight is 397 g/mol. The van der Waals surface area contributed by atoms with Gasteiger partial charge >= 0.3 is 0 Å². The van der Waals surface area contributed by atoms with E-state index >= 15 is 0 Å². The van der Waals surface area contributed by atoms with Crippen LogP contribution in [0.25, 0.3) is 0 Å². The zero-order chi connectivity index (χ0) is 19.8. The lowest BCUT2D eigenvalue weighted by molar-refractivity contribution is -0.0961. The number of hydrogen-bond acceptors (Lipinski definition) is 3. The van der Waals surface area contributed by atoms with Gasteiger partial charge in [0, 0.05) is 25.8 Å². The summed E-state index contributed by atoms with van der Waals surface area (Å²) in [7, 11) is -1.95. The van der Waals surface area contributed by atoms with Crippen molar-refractivity contribution in [2.45, 2.75) is 37.9 Å². The normalized spacial score (nSPS) is 21.8. The first-order valence-electron chi connectivity index (χ1n) is 10.5. The lowest BCUT2D eigenvalue weighted by Gasteiger charge is -2.40. The first kappa shape index (κ1) is 19.9. The summed E-state index contributed by atoms with van der Waals surface area (Å²) in [6, 6.07) is 17.7. The van der Waals surface area contributed by atoms with Crippen molar-refractivity contribution < 1.29 is 9.30 Å². The van der Waals surface area contributed by atoms with Gasteiger partial charge in [0.2, 0.25) is 0 Å². The minimum Gasteiger partial charge on any atom is -0.358 e. The maximum absolute atomic E-state index is 12.1. The smallest absolute Gasteiger partial charge is 0.109 e. The molecule has 0 radical (unpaired) electrons. The fraction of sp³-hybridized carbons (Fsp3) is 0.500. The van der Waals surface area contributed by atoms with Crippen LogP contribution in [0, 0.1) is 0 Å². The van der Waals surface area contributed by atoms with E-state index in [0.717, 1.165) is 45.1 Å². The highest BCUT2D eigenvalue weighted by Crippen LogP contribution is 2.51. The van der Waals surface area contributed by atoms with Gasteiger partial charge in [-0.3, -0.25) is 0 Å². The van der Waals surface area contributed by atoms with E-state index in [-0.39, 0.29) is 11.7 Å². The molecule has 0 N–H and O–H groups in total. The molecule has 0 bridgehead atoms. The summed E-state index contributed by atoms with van der Waals surface area (Å²) in [4.78, 5) is 2.46. The van der Waals surface area contributed by atoms with Crippen molar-refractivity contribution in [1.29, 1.82) is 0 Å². The van der Waals surface area contributed by atoms with E-state index in [1.54, 1.807) is 0 Å². The summed E-state index contributed by atoms with van der Waals surface area (Å²) in [5.41, 5.74) is 5.13. The summed E-state index contributed by atoms with van der Waals surface area (Å²) in [6.07, 6.45) is 3.91. The molecular formula is C24H32NO2P. The van der Waals surface area contributed by atoms with Gasteiger partial charge in [-0.15, -0.1) is 0 Å². The molecule has 0 saturated carbocycles. The molecule has 1 atom stereocenters. The highest BCUT2D eigenvalue weighted by atomic mass is 31.2. The molecule has 2 aromatic carbocycles. The van der Waals surface area contributed by atoms with Crippen molar-refractivity contribution >= 4 is 7.14 Å². The van der Waals surface area contributed by atoms with E-state index in [1.165, 1.54) is 22.3 Å². The van der Waals surface area contributed by atoms with Crippen LogP contribution in [-0.4, -0.2) is 44.0 Å². The van der Waals surface area contributed by atoms with Gasteiger partial charge in [-0.05, 0) is 54.8 Å². The number of hydrogen-bond donors (Lipinski definition) is 0. The number of ether oxygens (including phenoxy) is 1. The van der Waals surface area contributed by atoms with Crippen LogP contribution in [0.5, 0.6) is 0 Å². The Hall–Kier alpha value is -1.41. The topological polar surface area (TPSA) is 29.5 Å². The maximum Gasteiger partial charge on any atom is 0.109 e. The quantitative estimate of drug-likeness (QED) is 0.643. The predicted molar refractivity (Wildman–Crippen MR) is 117 cm³/mol. The Morgan fingerprint density at radius 3 is 2.39 bits per heavy atom. The van der Waals surface area contributed by atoms with Crippen LogP contribution in [0.4, 0.5) is 0 Å². The van der Waals surface area contributed by atoms with E-state index < -0.39 is 7.14 Å². The number of fused-ring (bicyclic) bond motifs is 2. The predicted octanol–water partition coefficient (Wildman–Crippen LogP) is 5.28. The molecule has 0 aromatic heterocycles. The number of nitrogens with zero attached hydrogens (tertiary/aromatic N) is 1. The number of piperidine rings is 1. The van der Waals surface area contributed by atoms with Gasteiger partial charge < -0.3 is 14.2 Å². The maximum atomic E-state index is 12.1. The Morgan fingerprint density at radius 1 is 1.07 bits per heavy atom. The van der Waals surface area contributed by atoms with Crippen LogP contribution in [0.2, 0.25) is 0 Å². The third-order valence-electron chi connectivity index (χ3n) is 6.39. The molecular weight excluding hydrogens is 365 g/mol. The molecule has 2 aromatic rings. The lowest BCUT2D eigenvalue weighted by Crippen LogP contribution is -2.43. The van der Waals surface area contributed by atoms with E-state index in [4.69, 9.17) is 4.74 Å². The summed E-state index contributed by atoms with van der Waals surface area (Å²) in [5.74, 6) is 0. The zero-order valence-corrected chi connectivity index (χ0v) is 18.3. The number of benzene rings is 2. The molecule has 0 amide bonds.